The Labute approximate surface area is 131 Å². The van der Waals surface area contributed by atoms with Crippen molar-refractivity contribution in [1.29, 1.82) is 0 Å². The van der Waals surface area contributed by atoms with E-state index in [1.807, 2.05) is 32.9 Å². The molecule has 5 heteroatoms. The Bertz CT molecular complexity index is 528. The molecule has 1 heterocycles. The number of nitrogens with one attached hydrogen (secondary N) is 3. The van der Waals surface area contributed by atoms with Gasteiger partial charge in [-0.25, -0.2) is 0 Å². The molecule has 3 N–H and O–H groups in total. The highest BCUT2D eigenvalue weighted by Gasteiger charge is 2.20. The zero-order chi connectivity index (χ0) is 16.2. The second kappa shape index (κ2) is 6.92. The van der Waals surface area contributed by atoms with E-state index in [1.165, 1.54) is 0 Å². The van der Waals surface area contributed by atoms with Crippen LogP contribution in [0.2, 0.25) is 0 Å². The molecule has 2 rings (SSSR count). The molecule has 0 aliphatic carbocycles. The van der Waals surface area contributed by atoms with Crippen LogP contribution in [-0.2, 0) is 11.3 Å². The molecular formula is C17H25N3O2. The first-order chi connectivity index (χ1) is 10.4. The Kier molecular flexibility index (Phi) is 5.19. The third-order valence-electron chi connectivity index (χ3n) is 3.77. The van der Waals surface area contributed by atoms with Gasteiger partial charge >= 0.3 is 0 Å². The Hall–Kier alpha value is -1.88. The summed E-state index contributed by atoms with van der Waals surface area (Å²) in [5.74, 6) is 0.524. The molecule has 2 amide bonds. The minimum Gasteiger partial charge on any atom is -0.352 e. The number of carbonyl (C=O) groups is 2. The van der Waals surface area contributed by atoms with Gasteiger partial charge in [-0.1, -0.05) is 32.9 Å². The van der Waals surface area contributed by atoms with Crippen LogP contribution >= 0.6 is 0 Å². The van der Waals surface area contributed by atoms with Gasteiger partial charge in [0.25, 0.3) is 5.91 Å². The van der Waals surface area contributed by atoms with Gasteiger partial charge in [0.2, 0.25) is 5.91 Å². The third kappa shape index (κ3) is 4.56. The minimum absolute atomic E-state index is 0.0171. The average molecular weight is 303 g/mol. The second-order valence-corrected chi connectivity index (χ2v) is 6.86. The standard InChI is InChI=1S/C17H25N3O2/c1-17(2,3)16(22)20-10-12-4-6-14(7-5-12)15(21)19-11-13-8-18-9-13/h4-7,13,18H,8-11H2,1-3H3,(H,19,21)(H,20,22). The number of hydrogen-bond donors (Lipinski definition) is 3. The number of carbonyl (C=O) groups excluding carboxylic acids is 2. The Morgan fingerprint density at radius 3 is 2.27 bits per heavy atom. The molecule has 1 saturated heterocycles. The molecule has 1 aliphatic heterocycles. The second-order valence-electron chi connectivity index (χ2n) is 6.86. The molecule has 0 aromatic heterocycles. The summed E-state index contributed by atoms with van der Waals surface area (Å²) in [5, 5.41) is 9.02. The van der Waals surface area contributed by atoms with E-state index in [4.69, 9.17) is 0 Å². The van der Waals surface area contributed by atoms with Gasteiger partial charge in [-0.05, 0) is 17.7 Å². The van der Waals surface area contributed by atoms with Crippen LogP contribution in [0, 0.1) is 11.3 Å². The van der Waals surface area contributed by atoms with Crippen molar-refractivity contribution in [2.75, 3.05) is 19.6 Å². The van der Waals surface area contributed by atoms with Crippen molar-refractivity contribution in [3.05, 3.63) is 35.4 Å². The summed E-state index contributed by atoms with van der Waals surface area (Å²) < 4.78 is 0. The van der Waals surface area contributed by atoms with Gasteiger partial charge in [0.15, 0.2) is 0 Å². The van der Waals surface area contributed by atoms with Crippen LogP contribution in [0.25, 0.3) is 0 Å². The van der Waals surface area contributed by atoms with Crippen LogP contribution < -0.4 is 16.0 Å². The van der Waals surface area contributed by atoms with Gasteiger partial charge in [0.05, 0.1) is 0 Å². The van der Waals surface area contributed by atoms with Crippen molar-refractivity contribution in [3.8, 4) is 0 Å². The predicted molar refractivity (Wildman–Crippen MR) is 86.4 cm³/mol. The van der Waals surface area contributed by atoms with E-state index in [0.717, 1.165) is 25.2 Å². The molecule has 5 nitrogen and oxygen atoms in total. The number of amides is 2. The SMILES string of the molecule is CC(C)(C)C(=O)NCc1ccc(C(=O)NCC2CNC2)cc1. The summed E-state index contributed by atoms with van der Waals surface area (Å²) in [6.45, 7) is 8.80. The van der Waals surface area contributed by atoms with Crippen LogP contribution in [0.15, 0.2) is 24.3 Å². The zero-order valence-electron chi connectivity index (χ0n) is 13.5. The Morgan fingerprint density at radius 1 is 1.14 bits per heavy atom. The molecule has 0 atom stereocenters. The van der Waals surface area contributed by atoms with Gasteiger partial charge in [0, 0.05) is 43.1 Å². The van der Waals surface area contributed by atoms with Crippen LogP contribution in [-0.4, -0.2) is 31.4 Å². The van der Waals surface area contributed by atoms with E-state index in [2.05, 4.69) is 16.0 Å². The molecule has 1 aromatic rings. The predicted octanol–water partition coefficient (Wildman–Crippen LogP) is 1.30. The van der Waals surface area contributed by atoms with Crippen molar-refractivity contribution >= 4 is 11.8 Å². The van der Waals surface area contributed by atoms with Crippen molar-refractivity contribution in [3.63, 3.8) is 0 Å². The first-order valence-electron chi connectivity index (χ1n) is 7.72. The Balaban J connectivity index is 1.81. The summed E-state index contributed by atoms with van der Waals surface area (Å²) >= 11 is 0. The number of benzene rings is 1. The van der Waals surface area contributed by atoms with Crippen molar-refractivity contribution in [2.24, 2.45) is 11.3 Å². The molecule has 0 bridgehead atoms. The first-order valence-corrected chi connectivity index (χ1v) is 7.72. The summed E-state index contributed by atoms with van der Waals surface area (Å²) in [7, 11) is 0. The van der Waals surface area contributed by atoms with E-state index >= 15 is 0 Å². The molecule has 0 saturated carbocycles. The molecule has 1 fully saturated rings. The fourth-order valence-corrected chi connectivity index (χ4v) is 2.05. The maximum atomic E-state index is 12.0. The Morgan fingerprint density at radius 2 is 1.77 bits per heavy atom. The summed E-state index contributed by atoms with van der Waals surface area (Å²) in [4.78, 5) is 23.8. The van der Waals surface area contributed by atoms with Gasteiger partial charge in [-0.3, -0.25) is 9.59 Å². The van der Waals surface area contributed by atoms with Crippen LogP contribution in [0.3, 0.4) is 0 Å². The smallest absolute Gasteiger partial charge is 0.251 e. The lowest BCUT2D eigenvalue weighted by Gasteiger charge is -2.27. The summed E-state index contributed by atoms with van der Waals surface area (Å²) in [5.41, 5.74) is 1.24. The minimum atomic E-state index is -0.393. The first kappa shape index (κ1) is 16.5. The van der Waals surface area contributed by atoms with Gasteiger partial charge < -0.3 is 16.0 Å². The highest BCUT2D eigenvalue weighted by atomic mass is 16.2. The number of rotatable bonds is 5. The summed E-state index contributed by atoms with van der Waals surface area (Å²) in [6.07, 6.45) is 0. The highest BCUT2D eigenvalue weighted by Crippen LogP contribution is 2.13. The molecule has 22 heavy (non-hydrogen) atoms. The van der Waals surface area contributed by atoms with Crippen molar-refractivity contribution < 1.29 is 9.59 Å². The molecule has 1 aromatic carbocycles. The molecule has 0 unspecified atom stereocenters. The maximum absolute atomic E-state index is 12.0. The van der Waals surface area contributed by atoms with E-state index in [1.54, 1.807) is 12.1 Å². The van der Waals surface area contributed by atoms with Crippen LogP contribution in [0.1, 0.15) is 36.7 Å². The van der Waals surface area contributed by atoms with Crippen LogP contribution in [0.5, 0.6) is 0 Å². The third-order valence-corrected chi connectivity index (χ3v) is 3.77. The van der Waals surface area contributed by atoms with Gasteiger partial charge in [-0.2, -0.15) is 0 Å². The summed E-state index contributed by atoms with van der Waals surface area (Å²) in [6, 6.07) is 7.35. The molecule has 0 spiro atoms. The van der Waals surface area contributed by atoms with E-state index in [9.17, 15) is 9.59 Å². The lowest BCUT2D eigenvalue weighted by Crippen LogP contribution is -2.48. The van der Waals surface area contributed by atoms with Crippen molar-refractivity contribution in [2.45, 2.75) is 27.3 Å². The fraction of sp³-hybridized carbons (Fsp3) is 0.529. The topological polar surface area (TPSA) is 70.2 Å². The lowest BCUT2D eigenvalue weighted by atomic mass is 9.95. The number of hydrogen-bond acceptors (Lipinski definition) is 3. The van der Waals surface area contributed by atoms with E-state index in [-0.39, 0.29) is 11.8 Å². The van der Waals surface area contributed by atoms with Gasteiger partial charge in [0.1, 0.15) is 0 Å². The molecular weight excluding hydrogens is 278 g/mol. The quantitative estimate of drug-likeness (QED) is 0.768. The largest absolute Gasteiger partial charge is 0.352 e. The monoisotopic (exact) mass is 303 g/mol. The highest BCUT2D eigenvalue weighted by molar-refractivity contribution is 5.94. The normalized spacial score (nSPS) is 15.0. The molecule has 1 aliphatic rings. The maximum Gasteiger partial charge on any atom is 0.251 e. The lowest BCUT2D eigenvalue weighted by molar-refractivity contribution is -0.128. The fourth-order valence-electron chi connectivity index (χ4n) is 2.05. The van der Waals surface area contributed by atoms with Gasteiger partial charge in [-0.15, -0.1) is 0 Å². The van der Waals surface area contributed by atoms with E-state index in [0.29, 0.717) is 18.0 Å². The van der Waals surface area contributed by atoms with Crippen LogP contribution in [0.4, 0.5) is 0 Å². The van der Waals surface area contributed by atoms with Crippen molar-refractivity contribution in [1.82, 2.24) is 16.0 Å². The zero-order valence-corrected chi connectivity index (χ0v) is 13.5. The molecule has 120 valence electrons. The molecule has 0 radical (unpaired) electrons. The van der Waals surface area contributed by atoms with E-state index < -0.39 is 5.41 Å². The average Bonchev–Trinajstić information content (AvgIpc) is 2.42.